The van der Waals surface area contributed by atoms with Gasteiger partial charge in [-0.1, -0.05) is 53.9 Å². The number of nitrogens with one attached hydrogen (secondary N) is 1. The van der Waals surface area contributed by atoms with E-state index in [-0.39, 0.29) is 37.7 Å². The van der Waals surface area contributed by atoms with Gasteiger partial charge in [-0.3, -0.25) is 13.9 Å². The van der Waals surface area contributed by atoms with Gasteiger partial charge >= 0.3 is 0 Å². The van der Waals surface area contributed by atoms with Crippen molar-refractivity contribution in [2.24, 2.45) is 0 Å². The molecule has 0 saturated carbocycles. The first-order valence-corrected chi connectivity index (χ1v) is 14.1. The highest BCUT2D eigenvalue weighted by Crippen LogP contribution is 2.27. The van der Waals surface area contributed by atoms with Crippen LogP contribution >= 0.6 is 23.2 Å². The van der Waals surface area contributed by atoms with Crippen molar-refractivity contribution >= 4 is 50.7 Å². The molecular formula is C25H33Cl2N3O4S. The Morgan fingerprint density at radius 2 is 1.63 bits per heavy atom. The van der Waals surface area contributed by atoms with Gasteiger partial charge in [0.2, 0.25) is 21.8 Å². The largest absolute Gasteiger partial charge is 0.355 e. The maximum atomic E-state index is 13.4. The number of sulfonamides is 1. The molecule has 0 aliphatic heterocycles. The fraction of sp³-hybridized carbons (Fsp3) is 0.440. The summed E-state index contributed by atoms with van der Waals surface area (Å²) in [5, 5.41) is 3.59. The third kappa shape index (κ3) is 8.12. The van der Waals surface area contributed by atoms with Crippen LogP contribution in [0.1, 0.15) is 44.2 Å². The highest BCUT2D eigenvalue weighted by molar-refractivity contribution is 7.92. The number of hydrogen-bond donors (Lipinski definition) is 1. The van der Waals surface area contributed by atoms with Crippen LogP contribution in [-0.2, 0) is 26.2 Å². The van der Waals surface area contributed by atoms with Crippen LogP contribution in [0.15, 0.2) is 42.5 Å². The molecule has 0 heterocycles. The Kier molecular flexibility index (Phi) is 10.9. The molecule has 0 aliphatic carbocycles. The van der Waals surface area contributed by atoms with Crippen molar-refractivity contribution in [1.82, 2.24) is 10.2 Å². The van der Waals surface area contributed by atoms with Gasteiger partial charge in [-0.2, -0.15) is 0 Å². The monoisotopic (exact) mass is 541 g/mol. The predicted octanol–water partition coefficient (Wildman–Crippen LogP) is 4.79. The van der Waals surface area contributed by atoms with Crippen LogP contribution in [0.5, 0.6) is 0 Å². The number of hydrogen-bond acceptors (Lipinski definition) is 4. The first kappa shape index (κ1) is 28.9. The molecular weight excluding hydrogens is 509 g/mol. The molecule has 0 bridgehead atoms. The molecule has 0 aliphatic rings. The fourth-order valence-electron chi connectivity index (χ4n) is 3.78. The van der Waals surface area contributed by atoms with Gasteiger partial charge < -0.3 is 10.2 Å². The Morgan fingerprint density at radius 3 is 2.14 bits per heavy atom. The van der Waals surface area contributed by atoms with Crippen LogP contribution in [0.4, 0.5) is 5.69 Å². The Labute approximate surface area is 218 Å². The van der Waals surface area contributed by atoms with Gasteiger partial charge in [0.1, 0.15) is 6.04 Å². The summed E-state index contributed by atoms with van der Waals surface area (Å²) < 4.78 is 26.1. The lowest BCUT2D eigenvalue weighted by Gasteiger charge is -2.31. The van der Waals surface area contributed by atoms with Crippen molar-refractivity contribution in [1.29, 1.82) is 0 Å². The molecule has 0 saturated heterocycles. The minimum Gasteiger partial charge on any atom is -0.355 e. The van der Waals surface area contributed by atoms with Gasteiger partial charge in [-0.25, -0.2) is 8.42 Å². The maximum absolute atomic E-state index is 13.4. The quantitative estimate of drug-likeness (QED) is 0.418. The summed E-state index contributed by atoms with van der Waals surface area (Å²) in [6.45, 7) is 6.20. The highest BCUT2D eigenvalue weighted by atomic mass is 35.5. The van der Waals surface area contributed by atoms with E-state index in [0.29, 0.717) is 34.3 Å². The lowest BCUT2D eigenvalue weighted by molar-refractivity contribution is -0.141. The van der Waals surface area contributed by atoms with Crippen molar-refractivity contribution < 1.29 is 18.0 Å². The number of carbonyl (C=O) groups is 2. The summed E-state index contributed by atoms with van der Waals surface area (Å²) in [7, 11) is -3.54. The molecule has 2 rings (SSSR count). The van der Waals surface area contributed by atoms with E-state index in [4.69, 9.17) is 23.2 Å². The molecule has 35 heavy (non-hydrogen) atoms. The number of amides is 2. The van der Waals surface area contributed by atoms with E-state index in [2.05, 4.69) is 5.32 Å². The summed E-state index contributed by atoms with van der Waals surface area (Å²) in [5.41, 5.74) is 2.12. The molecule has 7 nitrogen and oxygen atoms in total. The number of aryl methyl sites for hydroxylation is 1. The molecule has 0 fully saturated rings. The summed E-state index contributed by atoms with van der Waals surface area (Å²) in [6, 6.07) is 11.5. The molecule has 10 heteroatoms. The van der Waals surface area contributed by atoms with E-state index in [0.717, 1.165) is 11.8 Å². The SMILES string of the molecule is CCNC(=O)[C@H](CC)N(Cc1c(Cl)cccc1Cl)C(=O)CCCN(c1ccc(C)cc1)S(C)(=O)=O. The summed E-state index contributed by atoms with van der Waals surface area (Å²) in [6.07, 6.45) is 1.87. The van der Waals surface area contributed by atoms with E-state index in [1.54, 1.807) is 30.3 Å². The molecule has 2 aromatic carbocycles. The number of likely N-dealkylation sites (N-methyl/N-ethyl adjacent to an activating group) is 1. The molecule has 0 unspecified atom stereocenters. The number of benzene rings is 2. The third-order valence-corrected chi connectivity index (χ3v) is 7.50. The molecule has 1 atom stereocenters. The van der Waals surface area contributed by atoms with Gasteiger partial charge in [-0.15, -0.1) is 0 Å². The molecule has 192 valence electrons. The van der Waals surface area contributed by atoms with Crippen LogP contribution in [0.25, 0.3) is 0 Å². The van der Waals surface area contributed by atoms with Gasteiger partial charge in [-0.05, 0) is 51.0 Å². The Balaban J connectivity index is 2.25. The minimum absolute atomic E-state index is 0.0514. The van der Waals surface area contributed by atoms with Crippen molar-refractivity contribution in [3.8, 4) is 0 Å². The summed E-state index contributed by atoms with van der Waals surface area (Å²) >= 11 is 12.7. The van der Waals surface area contributed by atoms with E-state index >= 15 is 0 Å². The highest BCUT2D eigenvalue weighted by Gasteiger charge is 2.29. The first-order chi connectivity index (χ1) is 16.5. The van der Waals surface area contributed by atoms with Crippen LogP contribution < -0.4 is 9.62 Å². The summed E-state index contributed by atoms with van der Waals surface area (Å²) in [5.74, 6) is -0.541. The van der Waals surface area contributed by atoms with Crippen molar-refractivity contribution in [3.63, 3.8) is 0 Å². The topological polar surface area (TPSA) is 86.8 Å². The maximum Gasteiger partial charge on any atom is 0.242 e. The second-order valence-corrected chi connectivity index (χ2v) is 11.0. The van der Waals surface area contributed by atoms with Crippen LogP contribution in [0.3, 0.4) is 0 Å². The zero-order valence-corrected chi connectivity index (χ0v) is 22.9. The number of nitrogens with zero attached hydrogens (tertiary/aromatic N) is 2. The molecule has 2 amide bonds. The number of anilines is 1. The second-order valence-electron chi connectivity index (χ2n) is 8.31. The Morgan fingerprint density at radius 1 is 1.03 bits per heavy atom. The summed E-state index contributed by atoms with van der Waals surface area (Å²) in [4.78, 5) is 27.6. The molecule has 0 spiro atoms. The average molecular weight is 543 g/mol. The van der Waals surface area contributed by atoms with Crippen molar-refractivity contribution in [2.75, 3.05) is 23.7 Å². The van der Waals surface area contributed by atoms with Crippen molar-refractivity contribution in [2.45, 2.75) is 52.6 Å². The Hall–Kier alpha value is -2.29. The van der Waals surface area contributed by atoms with Gasteiger partial charge in [0, 0.05) is 41.7 Å². The lowest BCUT2D eigenvalue weighted by atomic mass is 10.1. The molecule has 0 radical (unpaired) electrons. The van der Waals surface area contributed by atoms with Gasteiger partial charge in [0.15, 0.2) is 0 Å². The van der Waals surface area contributed by atoms with Gasteiger partial charge in [0.05, 0.1) is 11.9 Å². The average Bonchev–Trinajstić information content (AvgIpc) is 2.78. The second kappa shape index (κ2) is 13.1. The minimum atomic E-state index is -3.54. The first-order valence-electron chi connectivity index (χ1n) is 11.5. The molecule has 0 aromatic heterocycles. The van der Waals surface area contributed by atoms with Crippen LogP contribution in [-0.4, -0.2) is 50.5 Å². The van der Waals surface area contributed by atoms with E-state index < -0.39 is 16.1 Å². The number of halogens is 2. The fourth-order valence-corrected chi connectivity index (χ4v) is 5.26. The third-order valence-electron chi connectivity index (χ3n) is 5.60. The zero-order valence-electron chi connectivity index (χ0n) is 20.6. The number of rotatable bonds is 12. The van der Waals surface area contributed by atoms with E-state index in [9.17, 15) is 18.0 Å². The molecule has 2 aromatic rings. The van der Waals surface area contributed by atoms with Crippen LogP contribution in [0.2, 0.25) is 10.0 Å². The van der Waals surface area contributed by atoms with Crippen LogP contribution in [0, 0.1) is 6.92 Å². The van der Waals surface area contributed by atoms with E-state index in [1.807, 2.05) is 32.9 Å². The van der Waals surface area contributed by atoms with Crippen molar-refractivity contribution in [3.05, 3.63) is 63.6 Å². The van der Waals surface area contributed by atoms with E-state index in [1.165, 1.54) is 9.21 Å². The Bertz CT molecular complexity index is 1100. The normalized spacial score (nSPS) is 12.2. The predicted molar refractivity (Wildman–Crippen MR) is 142 cm³/mol. The molecule has 1 N–H and O–H groups in total. The zero-order chi connectivity index (χ0) is 26.2. The number of carbonyl (C=O) groups excluding carboxylic acids is 2. The van der Waals surface area contributed by atoms with Gasteiger partial charge in [0.25, 0.3) is 0 Å². The lowest BCUT2D eigenvalue weighted by Crippen LogP contribution is -2.49. The smallest absolute Gasteiger partial charge is 0.242 e. The standard InChI is InChI=1S/C25H33Cl2N3O4S/c1-5-23(25(32)28-6-2)29(17-20-21(26)9-7-10-22(20)27)24(31)11-8-16-30(35(4,33)34)19-14-12-18(3)13-15-19/h7,9-10,12-15,23H,5-6,8,11,16-17H2,1-4H3,(H,28,32)/t23-/m0/s1.